The number of hydrogen-bond acceptors (Lipinski definition) is 25. The van der Waals surface area contributed by atoms with Crippen LogP contribution >= 0.6 is 11.8 Å². The van der Waals surface area contributed by atoms with E-state index in [1.165, 1.54) is 4.90 Å². The van der Waals surface area contributed by atoms with Crippen molar-refractivity contribution in [1.29, 1.82) is 0 Å². The number of nitrogens with one attached hydrogen (secondary N) is 6. The van der Waals surface area contributed by atoms with Crippen LogP contribution in [0.2, 0.25) is 0 Å². The molecule has 0 aromatic carbocycles. The second-order valence-corrected chi connectivity index (χ2v) is 31.1. The molecule has 1 saturated heterocycles. The van der Waals surface area contributed by atoms with Crippen molar-refractivity contribution in [3.05, 3.63) is 0 Å². The first kappa shape index (κ1) is 104. The van der Waals surface area contributed by atoms with Gasteiger partial charge in [0.1, 0.15) is 18.4 Å². The van der Waals surface area contributed by atoms with Crippen LogP contribution in [0.4, 0.5) is 0 Å². The van der Waals surface area contributed by atoms with E-state index in [0.29, 0.717) is 12.2 Å². The maximum Gasteiger partial charge on any atom is 0.303 e. The third-order valence-electron chi connectivity index (χ3n) is 19.1. The number of hydrogen-bond donors (Lipinski definition) is 16. The monoisotopic (exact) mass is 1670 g/mol. The lowest BCUT2D eigenvalue weighted by molar-refractivity contribution is -0.142. The van der Waals surface area contributed by atoms with Gasteiger partial charge in [0.15, 0.2) is 28.9 Å². The van der Waals surface area contributed by atoms with Gasteiger partial charge in [-0.15, -0.1) is 0 Å². The van der Waals surface area contributed by atoms with Gasteiger partial charge in [0.2, 0.25) is 41.4 Å². The molecule has 0 bridgehead atoms. The summed E-state index contributed by atoms with van der Waals surface area (Å²) in [4.78, 5) is 287. The zero-order valence-corrected chi connectivity index (χ0v) is 67.0. The van der Waals surface area contributed by atoms with Gasteiger partial charge >= 0.3 is 53.7 Å². The number of Topliss-reactive ketones (excluding diaryl/α,β-unsaturated/α-hetero) is 6. The van der Waals surface area contributed by atoms with Gasteiger partial charge in [0.05, 0.1) is 36.3 Å². The zero-order valence-electron chi connectivity index (χ0n) is 66.2. The van der Waals surface area contributed by atoms with Crippen molar-refractivity contribution in [3.8, 4) is 0 Å². The lowest BCUT2D eigenvalue weighted by atomic mass is 9.87. The minimum atomic E-state index is -1.99. The van der Waals surface area contributed by atoms with Crippen LogP contribution in [0, 0.1) is 35.0 Å². The fourth-order valence-corrected chi connectivity index (χ4v) is 13.3. The van der Waals surface area contributed by atoms with Gasteiger partial charge in [-0.1, -0.05) is 34.6 Å². The largest absolute Gasteiger partial charge is 0.481 e. The third kappa shape index (κ3) is 43.5. The normalized spacial score (nSPS) is 15.5. The molecule has 40 nitrogen and oxygen atoms in total. The smallest absolute Gasteiger partial charge is 0.303 e. The summed E-state index contributed by atoms with van der Waals surface area (Å²) in [6.45, 7) is 8.98. The quantitative estimate of drug-likeness (QED) is 0.0383. The highest BCUT2D eigenvalue weighted by Gasteiger charge is 2.40. The maximum absolute atomic E-state index is 14.4. The molecule has 1 aliphatic heterocycles. The van der Waals surface area contributed by atoms with E-state index in [-0.39, 0.29) is 74.3 Å². The molecule has 116 heavy (non-hydrogen) atoms. The van der Waals surface area contributed by atoms with Crippen molar-refractivity contribution in [2.24, 2.45) is 40.7 Å². The second-order valence-electron chi connectivity index (χ2n) is 30.2. The molecule has 41 heteroatoms. The molecule has 652 valence electrons. The number of nitrogens with zero attached hydrogens (tertiary/aromatic N) is 1. The molecule has 0 aromatic heterocycles. The number of carbonyl (C=O) groups excluding carboxylic acids is 13. The highest BCUT2D eigenvalue weighted by atomic mass is 32.2. The first-order chi connectivity index (χ1) is 54.1. The van der Waals surface area contributed by atoms with Gasteiger partial charge in [0.25, 0.3) is 0 Å². The number of ether oxygens (including phenoxy) is 1. The first-order valence-corrected chi connectivity index (χ1v) is 39.6. The second kappa shape index (κ2) is 53.9. The Bertz CT molecular complexity index is 3490. The number of carbonyl (C=O) groups is 22. The van der Waals surface area contributed by atoms with Gasteiger partial charge in [-0.25, -0.2) is 0 Å². The molecule has 0 radical (unpaired) electrons. The van der Waals surface area contributed by atoms with Gasteiger partial charge in [0, 0.05) is 151 Å². The summed E-state index contributed by atoms with van der Waals surface area (Å²) in [5, 5.41) is 101. The van der Waals surface area contributed by atoms with E-state index in [1.54, 1.807) is 11.8 Å². The van der Waals surface area contributed by atoms with Crippen molar-refractivity contribution in [1.82, 2.24) is 36.8 Å². The third-order valence-corrected chi connectivity index (χ3v) is 19.8. The zero-order chi connectivity index (χ0) is 88.3. The number of rotatable bonds is 65. The fourth-order valence-electron chi connectivity index (χ4n) is 12.4. The maximum atomic E-state index is 14.4. The van der Waals surface area contributed by atoms with Crippen LogP contribution in [-0.4, -0.2) is 261 Å². The molecule has 0 aliphatic carbocycles. The summed E-state index contributed by atoms with van der Waals surface area (Å²) in [6, 6.07) is -11.0. The van der Waals surface area contributed by atoms with Crippen LogP contribution in [0.5, 0.6) is 0 Å². The molecule has 0 saturated carbocycles. The van der Waals surface area contributed by atoms with Crippen LogP contribution in [0.25, 0.3) is 0 Å². The van der Waals surface area contributed by atoms with Gasteiger partial charge < -0.3 is 93.2 Å². The SMILES string of the molecule is CSC[C@H](NC(=O)CCC(=O)[C@H](CC(C)C)NC(=O)[C@@H]1CCCN1C(=O)COCCCC(=O)[C@@H](CCC(=O)O)NC(=O)[C@@H](CCC(=O)O)CC(=O)[C@@H](CCC(=O)O)NC(=O)[C@@H](CCC(=O)O)CC(=O)[C@@H](CCC(=O)O)NC(=O)[C@@H](CCC(=O)O)CC(=O)[C@@H](CCC(=O)O)NC(=O)[C@@H](CCC(=O)O)CC(=O)[C@H](N)CCC(=O)O)C(C)(C)C. The summed E-state index contributed by atoms with van der Waals surface area (Å²) in [7, 11) is 0. The molecule has 17 N–H and O–H groups in total. The fraction of sp³-hybridized carbons (Fsp3) is 0.707. The lowest BCUT2D eigenvalue weighted by Gasteiger charge is -2.31. The molecule has 0 spiro atoms. The highest BCUT2D eigenvalue weighted by Crippen LogP contribution is 2.26. The number of thioether (sulfide) groups is 1. The number of amides is 7. The van der Waals surface area contributed by atoms with Crippen LogP contribution in [0.3, 0.4) is 0 Å². The number of aliphatic carboxylic acids is 9. The van der Waals surface area contributed by atoms with E-state index >= 15 is 0 Å². The minimum absolute atomic E-state index is 0.0473. The van der Waals surface area contributed by atoms with Crippen LogP contribution < -0.4 is 37.6 Å². The summed E-state index contributed by atoms with van der Waals surface area (Å²) in [5.74, 6) is -32.1. The van der Waals surface area contributed by atoms with E-state index in [1.807, 2.05) is 40.9 Å². The van der Waals surface area contributed by atoms with E-state index in [0.717, 1.165) is 0 Å². The van der Waals surface area contributed by atoms with E-state index in [9.17, 15) is 146 Å². The van der Waals surface area contributed by atoms with E-state index in [2.05, 4.69) is 31.9 Å². The number of nitrogens with two attached hydrogens (primary N) is 1. The predicted octanol–water partition coefficient (Wildman–Crippen LogP) is 1.47. The molecule has 1 fully saturated rings. The number of carboxylic acid groups (broad SMARTS) is 9. The van der Waals surface area contributed by atoms with Crippen molar-refractivity contribution in [2.45, 2.75) is 269 Å². The molecular formula is C75H114N8O32S. The van der Waals surface area contributed by atoms with Crippen LogP contribution in [0.15, 0.2) is 0 Å². The molecule has 12 atom stereocenters. The van der Waals surface area contributed by atoms with Gasteiger partial charge in [-0.2, -0.15) is 11.8 Å². The van der Waals surface area contributed by atoms with E-state index in [4.69, 9.17) is 15.6 Å². The Balaban J connectivity index is 3.53. The van der Waals surface area contributed by atoms with Crippen molar-refractivity contribution in [3.63, 3.8) is 0 Å². The van der Waals surface area contributed by atoms with Crippen molar-refractivity contribution >= 4 is 142 Å². The summed E-state index contributed by atoms with van der Waals surface area (Å²) in [5.41, 5.74) is 5.56. The Morgan fingerprint density at radius 1 is 0.414 bits per heavy atom. The highest BCUT2D eigenvalue weighted by molar-refractivity contribution is 7.98. The van der Waals surface area contributed by atoms with Gasteiger partial charge in [-0.05, 0) is 101 Å². The minimum Gasteiger partial charge on any atom is -0.481 e. The summed E-state index contributed by atoms with van der Waals surface area (Å²) >= 11 is 1.57. The molecule has 0 unspecified atom stereocenters. The van der Waals surface area contributed by atoms with Gasteiger partial charge in [-0.3, -0.25) is 105 Å². The first-order valence-electron chi connectivity index (χ1n) is 38.2. The predicted molar refractivity (Wildman–Crippen MR) is 405 cm³/mol. The molecular weight excluding hydrogens is 1560 g/mol. The average molecular weight is 1670 g/mol. The average Bonchev–Trinajstić information content (AvgIpc) is 1.63. The van der Waals surface area contributed by atoms with Crippen molar-refractivity contribution in [2.75, 3.05) is 31.8 Å². The Morgan fingerprint density at radius 3 is 1.08 bits per heavy atom. The molecule has 7 amide bonds. The van der Waals surface area contributed by atoms with Crippen molar-refractivity contribution < 1.29 is 156 Å². The topological polar surface area (TPSA) is 668 Å². The molecule has 1 heterocycles. The van der Waals surface area contributed by atoms with E-state index < -0.39 is 338 Å². The number of ketones is 6. The Morgan fingerprint density at radius 2 is 0.741 bits per heavy atom. The molecule has 0 aromatic rings. The Kier molecular flexibility index (Phi) is 48.2. The summed E-state index contributed by atoms with van der Waals surface area (Å²) < 4.78 is 5.58. The van der Waals surface area contributed by atoms with Crippen LogP contribution in [0.1, 0.15) is 221 Å². The Labute approximate surface area is 673 Å². The molecule has 1 aliphatic rings. The Hall–Kier alpha value is -10.2. The standard InChI is InChI=1S/C75H114N8O32S/c1-40(2)33-50(53(85)20-21-59(90)82-58(39-116-6)75(3,4)5)81-74(114)51-9-7-31-83(51)60(91)38-115-32-8-10-52(84)46(16-27-66(102)103)77-71(111)42(12-23-62(94)95)35-55(87)48(18-29-68(106)107)79-73(113)44(14-25-64(98)99)37-57(89)49(19-30-69(108)109)80-72(112)43(13-24-63(96)97)36-56(88)47(17-28-67(104)105)78-70(110)41(11-22-61(92)93)34-54(86)45(76)15-26-65(100)101/h40-51,58H,7-39,76H2,1-6H3,(H,77,111)(H,78,110)(H,79,113)(H,80,112)(H,81,114)(H,82,90)(H,92,93)(H,94,95)(H,96,97)(H,98,99)(H,100,101)(H,102,103)(H,104,105)(H,106,107)(H,108,109)/t41-,42-,43-,44-,45+,46+,47+,48+,49+,50-,51-,58-/m0/s1. The summed E-state index contributed by atoms with van der Waals surface area (Å²) in [6.07, 6.45) is -15.4. The number of likely N-dealkylation sites (tertiary alicyclic amines) is 1. The number of carboxylic acids is 9. The molecule has 1 rings (SSSR count). The van der Waals surface area contributed by atoms with Crippen LogP contribution in [-0.2, 0) is 110 Å². The lowest BCUT2D eigenvalue weighted by Crippen LogP contribution is -2.52.